The van der Waals surface area contributed by atoms with Crippen molar-refractivity contribution in [2.45, 2.75) is 13.3 Å². The molecule has 0 atom stereocenters. The highest BCUT2D eigenvalue weighted by molar-refractivity contribution is 5.96. The highest BCUT2D eigenvalue weighted by atomic mass is 15.2. The van der Waals surface area contributed by atoms with Gasteiger partial charge in [-0.25, -0.2) is 0 Å². The van der Waals surface area contributed by atoms with E-state index in [1.807, 2.05) is 12.3 Å². The molecular weight excluding hydrogens is 212 g/mol. The van der Waals surface area contributed by atoms with Crippen molar-refractivity contribution in [1.82, 2.24) is 15.2 Å². The van der Waals surface area contributed by atoms with Gasteiger partial charge in [-0.05, 0) is 12.0 Å². The maximum absolute atomic E-state index is 5.63. The second kappa shape index (κ2) is 3.66. The van der Waals surface area contributed by atoms with Gasteiger partial charge in [0.2, 0.25) is 0 Å². The predicted molar refractivity (Wildman–Crippen MR) is 69.7 cm³/mol. The van der Waals surface area contributed by atoms with Crippen molar-refractivity contribution >= 4 is 16.7 Å². The monoisotopic (exact) mass is 226 g/mol. The number of hydrogen-bond donors (Lipinski definition) is 3. The largest absolute Gasteiger partial charge is 0.382 e. The minimum absolute atomic E-state index is 0.515. The van der Waals surface area contributed by atoms with Crippen LogP contribution in [0.5, 0.6) is 0 Å². The second-order valence-electron chi connectivity index (χ2n) is 4.10. The predicted octanol–water partition coefficient (Wildman–Crippen LogP) is 2.70. The van der Waals surface area contributed by atoms with Crippen LogP contribution >= 0.6 is 0 Å². The number of anilines is 1. The molecular formula is C13H14N4. The van der Waals surface area contributed by atoms with Crippen LogP contribution in [0.3, 0.4) is 0 Å². The highest BCUT2D eigenvalue weighted by Gasteiger charge is 2.09. The zero-order valence-electron chi connectivity index (χ0n) is 9.62. The summed E-state index contributed by atoms with van der Waals surface area (Å²) in [5.41, 5.74) is 10.2. The fourth-order valence-electron chi connectivity index (χ4n) is 2.21. The Hall–Kier alpha value is -2.23. The zero-order valence-corrected chi connectivity index (χ0v) is 9.62. The first-order chi connectivity index (χ1) is 8.29. The Morgan fingerprint density at radius 2 is 2.24 bits per heavy atom. The van der Waals surface area contributed by atoms with E-state index in [1.54, 1.807) is 0 Å². The van der Waals surface area contributed by atoms with Crippen LogP contribution in [-0.2, 0) is 6.42 Å². The van der Waals surface area contributed by atoms with E-state index in [2.05, 4.69) is 40.3 Å². The summed E-state index contributed by atoms with van der Waals surface area (Å²) in [6.45, 7) is 2.16. The van der Waals surface area contributed by atoms with Crippen LogP contribution in [0.2, 0.25) is 0 Å². The number of H-pyrrole nitrogens is 2. The van der Waals surface area contributed by atoms with Crippen molar-refractivity contribution in [3.8, 4) is 11.3 Å². The molecule has 4 nitrogen and oxygen atoms in total. The Bertz CT molecular complexity index is 663. The molecule has 3 aromatic rings. The lowest BCUT2D eigenvalue weighted by Crippen LogP contribution is -1.82. The summed E-state index contributed by atoms with van der Waals surface area (Å²) in [6, 6.07) is 8.18. The third-order valence-electron chi connectivity index (χ3n) is 3.07. The summed E-state index contributed by atoms with van der Waals surface area (Å²) in [7, 11) is 0. The molecule has 0 aliphatic rings. The first-order valence-corrected chi connectivity index (χ1v) is 5.70. The fraction of sp³-hybridized carbons (Fsp3) is 0.154. The third kappa shape index (κ3) is 1.49. The maximum Gasteiger partial charge on any atom is 0.145 e. The second-order valence-corrected chi connectivity index (χ2v) is 4.10. The molecule has 2 heterocycles. The smallest absolute Gasteiger partial charge is 0.145 e. The van der Waals surface area contributed by atoms with Gasteiger partial charge in [0.1, 0.15) is 5.82 Å². The lowest BCUT2D eigenvalue weighted by molar-refractivity contribution is 1.10. The van der Waals surface area contributed by atoms with Crippen LogP contribution in [0.25, 0.3) is 22.2 Å². The van der Waals surface area contributed by atoms with Gasteiger partial charge in [-0.15, -0.1) is 0 Å². The van der Waals surface area contributed by atoms with Gasteiger partial charge in [-0.2, -0.15) is 5.10 Å². The van der Waals surface area contributed by atoms with Crippen LogP contribution in [-0.4, -0.2) is 15.2 Å². The van der Waals surface area contributed by atoms with Gasteiger partial charge in [0.15, 0.2) is 0 Å². The number of aryl methyl sites for hydroxylation is 1. The van der Waals surface area contributed by atoms with Crippen molar-refractivity contribution in [1.29, 1.82) is 0 Å². The molecule has 86 valence electrons. The number of rotatable bonds is 2. The standard InChI is InChI=1S/C13H14N4/c1-2-8-4-3-5-9-10(7-15-13(8)9)11-6-12(14)17-16-11/h3-7,15H,2H2,1H3,(H3,14,16,17). The number of nitrogens with zero attached hydrogens (tertiary/aromatic N) is 1. The van der Waals surface area contributed by atoms with Gasteiger partial charge in [0.25, 0.3) is 0 Å². The third-order valence-corrected chi connectivity index (χ3v) is 3.07. The number of nitrogen functional groups attached to an aromatic ring is 1. The first kappa shape index (κ1) is 9.96. The maximum atomic E-state index is 5.63. The minimum Gasteiger partial charge on any atom is -0.382 e. The van der Waals surface area contributed by atoms with Gasteiger partial charge < -0.3 is 10.7 Å². The molecule has 0 aliphatic carbocycles. The Morgan fingerprint density at radius 1 is 1.35 bits per heavy atom. The molecule has 4 heteroatoms. The van der Waals surface area contributed by atoms with Crippen molar-refractivity contribution in [3.63, 3.8) is 0 Å². The summed E-state index contributed by atoms with van der Waals surface area (Å²) in [5, 5.41) is 8.11. The molecule has 0 bridgehead atoms. The highest BCUT2D eigenvalue weighted by Crippen LogP contribution is 2.29. The van der Waals surface area contributed by atoms with Crippen LogP contribution < -0.4 is 5.73 Å². The van der Waals surface area contributed by atoms with Crippen molar-refractivity contribution in [2.75, 3.05) is 5.73 Å². The SMILES string of the molecule is CCc1cccc2c(-c3cc(N)n[nH]3)c[nH]c12. The van der Waals surface area contributed by atoms with Crippen LogP contribution in [0.15, 0.2) is 30.5 Å². The number of benzene rings is 1. The summed E-state index contributed by atoms with van der Waals surface area (Å²) < 4.78 is 0. The molecule has 0 unspecified atom stereocenters. The van der Waals surface area contributed by atoms with Gasteiger partial charge in [-0.1, -0.05) is 25.1 Å². The van der Waals surface area contributed by atoms with E-state index < -0.39 is 0 Å². The Balaban J connectivity index is 2.25. The Morgan fingerprint density at radius 3 is 2.94 bits per heavy atom. The number of hydrogen-bond acceptors (Lipinski definition) is 2. The van der Waals surface area contributed by atoms with E-state index in [1.165, 1.54) is 16.5 Å². The number of nitrogens with two attached hydrogens (primary N) is 1. The molecule has 0 saturated heterocycles. The van der Waals surface area contributed by atoms with Gasteiger partial charge in [0.05, 0.1) is 5.69 Å². The normalized spacial score (nSPS) is 11.1. The van der Waals surface area contributed by atoms with E-state index in [0.29, 0.717) is 5.82 Å². The van der Waals surface area contributed by atoms with Crippen molar-refractivity contribution in [3.05, 3.63) is 36.0 Å². The average molecular weight is 226 g/mol. The van der Waals surface area contributed by atoms with E-state index in [4.69, 9.17) is 5.73 Å². The van der Waals surface area contributed by atoms with Crippen molar-refractivity contribution < 1.29 is 0 Å². The molecule has 4 N–H and O–H groups in total. The van der Waals surface area contributed by atoms with E-state index in [9.17, 15) is 0 Å². The molecule has 2 aromatic heterocycles. The molecule has 0 aliphatic heterocycles. The molecule has 0 radical (unpaired) electrons. The van der Waals surface area contributed by atoms with Gasteiger partial charge >= 0.3 is 0 Å². The summed E-state index contributed by atoms with van der Waals surface area (Å²) in [4.78, 5) is 3.33. The number of aromatic nitrogens is 3. The van der Waals surface area contributed by atoms with Crippen LogP contribution in [0.4, 0.5) is 5.82 Å². The first-order valence-electron chi connectivity index (χ1n) is 5.70. The molecule has 3 rings (SSSR count). The molecule has 0 fully saturated rings. The lowest BCUT2D eigenvalue weighted by Gasteiger charge is -1.99. The van der Waals surface area contributed by atoms with Crippen LogP contribution in [0.1, 0.15) is 12.5 Å². The fourth-order valence-corrected chi connectivity index (χ4v) is 2.21. The summed E-state index contributed by atoms with van der Waals surface area (Å²) in [6.07, 6.45) is 3.01. The molecule has 17 heavy (non-hydrogen) atoms. The zero-order chi connectivity index (χ0) is 11.8. The topological polar surface area (TPSA) is 70.5 Å². The van der Waals surface area contributed by atoms with E-state index in [-0.39, 0.29) is 0 Å². The lowest BCUT2D eigenvalue weighted by atomic mass is 10.1. The van der Waals surface area contributed by atoms with Gasteiger partial charge in [-0.3, -0.25) is 5.10 Å². The number of aromatic amines is 2. The minimum atomic E-state index is 0.515. The molecule has 0 saturated carbocycles. The van der Waals surface area contributed by atoms with E-state index >= 15 is 0 Å². The average Bonchev–Trinajstić information content (AvgIpc) is 2.94. The van der Waals surface area contributed by atoms with Gasteiger partial charge in [0, 0.05) is 28.7 Å². The molecule has 0 spiro atoms. The van der Waals surface area contributed by atoms with E-state index in [0.717, 1.165) is 17.7 Å². The summed E-state index contributed by atoms with van der Waals surface area (Å²) >= 11 is 0. The Labute approximate surface area is 98.8 Å². The quantitative estimate of drug-likeness (QED) is 0.628. The number of fused-ring (bicyclic) bond motifs is 1. The molecule has 0 amide bonds. The van der Waals surface area contributed by atoms with Crippen LogP contribution in [0, 0.1) is 0 Å². The number of para-hydroxylation sites is 1. The summed E-state index contributed by atoms with van der Waals surface area (Å²) in [5.74, 6) is 0.515. The Kier molecular flexibility index (Phi) is 2.14. The number of nitrogens with one attached hydrogen (secondary N) is 2. The van der Waals surface area contributed by atoms with Crippen molar-refractivity contribution in [2.24, 2.45) is 0 Å². The molecule has 1 aromatic carbocycles.